The molecule has 0 radical (unpaired) electrons. The van der Waals surface area contributed by atoms with E-state index >= 15 is 0 Å². The minimum absolute atomic E-state index is 0.397. The van der Waals surface area contributed by atoms with Gasteiger partial charge in [-0.25, -0.2) is 4.98 Å². The van der Waals surface area contributed by atoms with Crippen molar-refractivity contribution in [1.82, 2.24) is 15.2 Å². The van der Waals surface area contributed by atoms with Gasteiger partial charge in [-0.15, -0.1) is 11.3 Å². The van der Waals surface area contributed by atoms with E-state index in [0.29, 0.717) is 12.0 Å². The fourth-order valence-electron chi connectivity index (χ4n) is 2.78. The summed E-state index contributed by atoms with van der Waals surface area (Å²) in [5, 5.41) is 5.75. The molecule has 0 aliphatic heterocycles. The fraction of sp³-hybridized carbons (Fsp3) is 0.471. The molecule has 0 fully saturated rings. The van der Waals surface area contributed by atoms with E-state index in [4.69, 9.17) is 0 Å². The third kappa shape index (κ3) is 4.92. The molecule has 2 rings (SSSR count). The zero-order valence-corrected chi connectivity index (χ0v) is 13.9. The van der Waals surface area contributed by atoms with Crippen LogP contribution in [0.1, 0.15) is 31.1 Å². The third-order valence-corrected chi connectivity index (χ3v) is 4.30. The SMILES string of the molecule is CCNC(c1ccccc1)C(C)CN(C)Cc1cscn1. The maximum absolute atomic E-state index is 4.36. The van der Waals surface area contributed by atoms with Gasteiger partial charge >= 0.3 is 0 Å². The van der Waals surface area contributed by atoms with Crippen molar-refractivity contribution in [3.63, 3.8) is 0 Å². The fourth-order valence-corrected chi connectivity index (χ4v) is 3.33. The van der Waals surface area contributed by atoms with Crippen molar-refractivity contribution in [2.24, 2.45) is 5.92 Å². The van der Waals surface area contributed by atoms with Crippen LogP contribution >= 0.6 is 11.3 Å². The number of benzene rings is 1. The molecule has 21 heavy (non-hydrogen) atoms. The predicted molar refractivity (Wildman–Crippen MR) is 90.5 cm³/mol. The van der Waals surface area contributed by atoms with Crippen molar-refractivity contribution in [2.45, 2.75) is 26.4 Å². The summed E-state index contributed by atoms with van der Waals surface area (Å²) in [5.74, 6) is 0.538. The summed E-state index contributed by atoms with van der Waals surface area (Å²) >= 11 is 1.66. The van der Waals surface area contributed by atoms with Crippen molar-refractivity contribution in [1.29, 1.82) is 0 Å². The van der Waals surface area contributed by atoms with Gasteiger partial charge in [0, 0.05) is 24.5 Å². The molecule has 1 aromatic carbocycles. The smallest absolute Gasteiger partial charge is 0.0795 e. The number of nitrogens with zero attached hydrogens (tertiary/aromatic N) is 2. The Kier molecular flexibility index (Phi) is 6.36. The largest absolute Gasteiger partial charge is 0.310 e. The van der Waals surface area contributed by atoms with Crippen LogP contribution in [0.25, 0.3) is 0 Å². The standard InChI is InChI=1S/C17H25N3S/c1-4-18-17(15-8-6-5-7-9-15)14(2)10-20(3)11-16-12-21-13-19-16/h5-9,12-14,17-18H,4,10-11H2,1-3H3. The Morgan fingerprint density at radius 2 is 2.05 bits per heavy atom. The molecule has 2 aromatic rings. The molecule has 0 saturated heterocycles. The first-order valence-electron chi connectivity index (χ1n) is 7.54. The van der Waals surface area contributed by atoms with Crippen LogP contribution in [0.15, 0.2) is 41.2 Å². The van der Waals surface area contributed by atoms with E-state index in [2.05, 4.69) is 71.8 Å². The molecule has 0 aliphatic carbocycles. The maximum Gasteiger partial charge on any atom is 0.0795 e. The van der Waals surface area contributed by atoms with E-state index in [1.807, 2.05) is 5.51 Å². The Hall–Kier alpha value is -1.23. The molecule has 1 heterocycles. The van der Waals surface area contributed by atoms with Crippen LogP contribution in [0.4, 0.5) is 0 Å². The van der Waals surface area contributed by atoms with Gasteiger partial charge in [-0.05, 0) is 25.1 Å². The molecular weight excluding hydrogens is 278 g/mol. The highest BCUT2D eigenvalue weighted by atomic mass is 32.1. The van der Waals surface area contributed by atoms with E-state index in [1.165, 1.54) is 5.56 Å². The first-order valence-corrected chi connectivity index (χ1v) is 8.49. The Balaban J connectivity index is 1.96. The van der Waals surface area contributed by atoms with Crippen molar-refractivity contribution in [3.8, 4) is 0 Å². The van der Waals surface area contributed by atoms with Crippen molar-refractivity contribution in [3.05, 3.63) is 52.5 Å². The number of hydrogen-bond donors (Lipinski definition) is 1. The van der Waals surface area contributed by atoms with Crippen LogP contribution in [0.5, 0.6) is 0 Å². The average molecular weight is 303 g/mol. The summed E-state index contributed by atoms with van der Waals surface area (Å²) < 4.78 is 0. The molecular formula is C17H25N3S. The number of aromatic nitrogens is 1. The van der Waals surface area contributed by atoms with E-state index in [0.717, 1.165) is 25.3 Å². The summed E-state index contributed by atoms with van der Waals surface area (Å²) in [6, 6.07) is 11.1. The topological polar surface area (TPSA) is 28.2 Å². The number of nitrogens with one attached hydrogen (secondary N) is 1. The first-order chi connectivity index (χ1) is 10.2. The third-order valence-electron chi connectivity index (χ3n) is 3.67. The lowest BCUT2D eigenvalue weighted by Crippen LogP contribution is -2.34. The molecule has 2 unspecified atom stereocenters. The second kappa shape index (κ2) is 8.27. The molecule has 1 aromatic heterocycles. The maximum atomic E-state index is 4.36. The number of rotatable bonds is 8. The Labute approximate surface area is 132 Å². The van der Waals surface area contributed by atoms with Gasteiger partial charge in [-0.2, -0.15) is 0 Å². The molecule has 0 bridgehead atoms. The molecule has 114 valence electrons. The highest BCUT2D eigenvalue weighted by Crippen LogP contribution is 2.22. The Morgan fingerprint density at radius 3 is 2.67 bits per heavy atom. The molecule has 3 nitrogen and oxygen atoms in total. The highest BCUT2D eigenvalue weighted by Gasteiger charge is 2.19. The summed E-state index contributed by atoms with van der Waals surface area (Å²) in [6.45, 7) is 7.44. The van der Waals surface area contributed by atoms with Gasteiger partial charge < -0.3 is 10.2 Å². The summed E-state index contributed by atoms with van der Waals surface area (Å²) in [4.78, 5) is 6.72. The van der Waals surface area contributed by atoms with Crippen LogP contribution in [-0.2, 0) is 6.54 Å². The number of thiazole rings is 1. The monoisotopic (exact) mass is 303 g/mol. The molecule has 1 N–H and O–H groups in total. The van der Waals surface area contributed by atoms with Gasteiger partial charge in [-0.3, -0.25) is 0 Å². The van der Waals surface area contributed by atoms with E-state index in [-0.39, 0.29) is 0 Å². The van der Waals surface area contributed by atoms with Gasteiger partial charge in [-0.1, -0.05) is 44.2 Å². The predicted octanol–water partition coefficient (Wildman–Crippen LogP) is 3.56. The van der Waals surface area contributed by atoms with Crippen molar-refractivity contribution < 1.29 is 0 Å². The van der Waals surface area contributed by atoms with Crippen LogP contribution in [0.3, 0.4) is 0 Å². The lowest BCUT2D eigenvalue weighted by atomic mass is 9.94. The van der Waals surface area contributed by atoms with Crippen LogP contribution in [-0.4, -0.2) is 30.0 Å². The minimum atomic E-state index is 0.397. The Bertz CT molecular complexity index is 498. The lowest BCUT2D eigenvalue weighted by Gasteiger charge is -2.29. The molecule has 0 amide bonds. The van der Waals surface area contributed by atoms with E-state index in [9.17, 15) is 0 Å². The van der Waals surface area contributed by atoms with E-state index < -0.39 is 0 Å². The summed E-state index contributed by atoms with van der Waals surface area (Å²) in [7, 11) is 2.17. The number of hydrogen-bond acceptors (Lipinski definition) is 4. The molecule has 0 aliphatic rings. The summed E-state index contributed by atoms with van der Waals surface area (Å²) in [5.41, 5.74) is 4.43. The lowest BCUT2D eigenvalue weighted by molar-refractivity contribution is 0.240. The van der Waals surface area contributed by atoms with Crippen molar-refractivity contribution in [2.75, 3.05) is 20.1 Å². The quantitative estimate of drug-likeness (QED) is 0.808. The van der Waals surface area contributed by atoms with Crippen LogP contribution < -0.4 is 5.32 Å². The van der Waals surface area contributed by atoms with Crippen LogP contribution in [0.2, 0.25) is 0 Å². The molecule has 0 saturated carbocycles. The van der Waals surface area contributed by atoms with Gasteiger partial charge in [0.15, 0.2) is 0 Å². The van der Waals surface area contributed by atoms with Crippen LogP contribution in [0, 0.1) is 5.92 Å². The first kappa shape index (κ1) is 16.1. The van der Waals surface area contributed by atoms with Gasteiger partial charge in [0.25, 0.3) is 0 Å². The van der Waals surface area contributed by atoms with Gasteiger partial charge in [0.2, 0.25) is 0 Å². The molecule has 2 atom stereocenters. The average Bonchev–Trinajstić information content (AvgIpc) is 2.98. The second-order valence-electron chi connectivity index (χ2n) is 5.60. The molecule has 4 heteroatoms. The van der Waals surface area contributed by atoms with E-state index in [1.54, 1.807) is 11.3 Å². The van der Waals surface area contributed by atoms with Crippen molar-refractivity contribution >= 4 is 11.3 Å². The van der Waals surface area contributed by atoms with Gasteiger partial charge in [0.1, 0.15) is 0 Å². The zero-order chi connectivity index (χ0) is 15.1. The van der Waals surface area contributed by atoms with Gasteiger partial charge in [0.05, 0.1) is 11.2 Å². The zero-order valence-electron chi connectivity index (χ0n) is 13.1. The second-order valence-corrected chi connectivity index (χ2v) is 6.32. The highest BCUT2D eigenvalue weighted by molar-refractivity contribution is 7.07. The molecule has 0 spiro atoms. The summed E-state index contributed by atoms with van der Waals surface area (Å²) in [6.07, 6.45) is 0. The minimum Gasteiger partial charge on any atom is -0.310 e. The normalized spacial score (nSPS) is 14.3. The Morgan fingerprint density at radius 1 is 1.29 bits per heavy atom.